The van der Waals surface area contributed by atoms with E-state index in [-0.39, 0.29) is 13.2 Å². The topological polar surface area (TPSA) is 84.5 Å². The van der Waals surface area contributed by atoms with Gasteiger partial charge in [0, 0.05) is 5.69 Å². The molecule has 0 aliphatic rings. The molecule has 25 heavy (non-hydrogen) atoms. The molecule has 2 aromatic rings. The summed E-state index contributed by atoms with van der Waals surface area (Å²) >= 11 is 5.93. The van der Waals surface area contributed by atoms with Crippen molar-refractivity contribution in [1.82, 2.24) is 5.32 Å². The number of hydrogen-bond acceptors (Lipinski definition) is 4. The summed E-state index contributed by atoms with van der Waals surface area (Å²) in [5.41, 5.74) is 1.06. The Hall–Kier alpha value is -2.86. The Morgan fingerprint density at radius 1 is 1.08 bits per heavy atom. The number of benzene rings is 2. The first-order valence-corrected chi connectivity index (χ1v) is 7.99. The first kappa shape index (κ1) is 18.5. The quantitative estimate of drug-likeness (QED) is 0.776. The molecule has 2 amide bonds. The first-order valence-electron chi connectivity index (χ1n) is 7.61. The van der Waals surface area contributed by atoms with E-state index in [2.05, 4.69) is 10.6 Å². The Morgan fingerprint density at radius 2 is 1.84 bits per heavy atom. The highest BCUT2D eigenvalue weighted by Gasteiger charge is 2.12. The first-order chi connectivity index (χ1) is 12.0. The summed E-state index contributed by atoms with van der Waals surface area (Å²) in [4.78, 5) is 35.6. The summed E-state index contributed by atoms with van der Waals surface area (Å²) in [6, 6.07) is 12.9. The molecule has 7 heteroatoms. The molecule has 0 aliphatic heterocycles. The molecule has 0 radical (unpaired) electrons. The van der Waals surface area contributed by atoms with Crippen LogP contribution in [0.1, 0.15) is 27.6 Å². The zero-order valence-corrected chi connectivity index (χ0v) is 14.3. The van der Waals surface area contributed by atoms with Crippen LogP contribution in [0.3, 0.4) is 0 Å². The minimum atomic E-state index is -0.467. The Labute approximate surface area is 150 Å². The van der Waals surface area contributed by atoms with Gasteiger partial charge in [-0.25, -0.2) is 4.79 Å². The van der Waals surface area contributed by atoms with Crippen molar-refractivity contribution >= 4 is 35.1 Å². The van der Waals surface area contributed by atoms with Gasteiger partial charge in [0.05, 0.1) is 29.3 Å². The molecule has 130 valence electrons. The van der Waals surface area contributed by atoms with Crippen LogP contribution < -0.4 is 10.6 Å². The van der Waals surface area contributed by atoms with Gasteiger partial charge in [-0.2, -0.15) is 0 Å². The summed E-state index contributed by atoms with van der Waals surface area (Å²) in [5, 5.41) is 5.40. The van der Waals surface area contributed by atoms with Crippen LogP contribution in [-0.4, -0.2) is 30.9 Å². The minimum absolute atomic E-state index is 0.228. The van der Waals surface area contributed by atoms with E-state index in [0.717, 1.165) is 0 Å². The van der Waals surface area contributed by atoms with Crippen LogP contribution >= 0.6 is 11.6 Å². The second-order valence-corrected chi connectivity index (χ2v) is 5.42. The summed E-state index contributed by atoms with van der Waals surface area (Å²) in [6.07, 6.45) is 0. The number of ether oxygens (including phenoxy) is 1. The maximum absolute atomic E-state index is 12.0. The predicted octanol–water partition coefficient (Wildman–Crippen LogP) is 2.89. The van der Waals surface area contributed by atoms with Crippen molar-refractivity contribution in [2.24, 2.45) is 0 Å². The van der Waals surface area contributed by atoms with Gasteiger partial charge in [-0.1, -0.05) is 29.8 Å². The Kier molecular flexibility index (Phi) is 6.54. The largest absolute Gasteiger partial charge is 0.462 e. The molecule has 0 fully saturated rings. The highest BCUT2D eigenvalue weighted by atomic mass is 35.5. The van der Waals surface area contributed by atoms with Crippen molar-refractivity contribution in [2.45, 2.75) is 6.92 Å². The smallest absolute Gasteiger partial charge is 0.338 e. The molecule has 6 nitrogen and oxygen atoms in total. The van der Waals surface area contributed by atoms with E-state index in [1.807, 2.05) is 0 Å². The van der Waals surface area contributed by atoms with Crippen LogP contribution in [-0.2, 0) is 9.53 Å². The molecule has 0 aliphatic carbocycles. The molecule has 0 unspecified atom stereocenters. The van der Waals surface area contributed by atoms with Crippen LogP contribution in [0, 0.1) is 0 Å². The molecule has 2 aromatic carbocycles. The molecule has 2 N–H and O–H groups in total. The lowest BCUT2D eigenvalue weighted by Gasteiger charge is -2.09. The maximum Gasteiger partial charge on any atom is 0.338 e. The van der Waals surface area contributed by atoms with Crippen molar-refractivity contribution in [3.63, 3.8) is 0 Å². The third kappa shape index (κ3) is 5.32. The van der Waals surface area contributed by atoms with Crippen LogP contribution in [0.25, 0.3) is 0 Å². The second-order valence-electron chi connectivity index (χ2n) is 5.01. The van der Waals surface area contributed by atoms with Crippen molar-refractivity contribution in [3.05, 3.63) is 64.7 Å². The number of amides is 2. The van der Waals surface area contributed by atoms with Crippen molar-refractivity contribution < 1.29 is 19.1 Å². The zero-order valence-electron chi connectivity index (χ0n) is 13.5. The van der Waals surface area contributed by atoms with Gasteiger partial charge in [-0.15, -0.1) is 0 Å². The normalized spacial score (nSPS) is 10.0. The van der Waals surface area contributed by atoms with Crippen molar-refractivity contribution in [1.29, 1.82) is 0 Å². The van der Waals surface area contributed by atoms with E-state index in [4.69, 9.17) is 16.3 Å². The molecular formula is C18H17ClN2O4. The monoisotopic (exact) mass is 360 g/mol. The maximum atomic E-state index is 12.0. The number of nitrogens with one attached hydrogen (secondary N) is 2. The number of esters is 1. The summed E-state index contributed by atoms with van der Waals surface area (Å²) in [6.45, 7) is 1.75. The van der Waals surface area contributed by atoms with E-state index in [0.29, 0.717) is 21.8 Å². The van der Waals surface area contributed by atoms with Gasteiger partial charge in [-0.3, -0.25) is 9.59 Å². The average molecular weight is 361 g/mol. The van der Waals surface area contributed by atoms with Gasteiger partial charge < -0.3 is 15.4 Å². The fourth-order valence-corrected chi connectivity index (χ4v) is 2.27. The van der Waals surface area contributed by atoms with Gasteiger partial charge >= 0.3 is 5.97 Å². The molecule has 0 spiro atoms. The van der Waals surface area contributed by atoms with Crippen LogP contribution in [0.4, 0.5) is 5.69 Å². The molecule has 0 atom stereocenters. The number of carbonyl (C=O) groups excluding carboxylic acids is 3. The van der Waals surface area contributed by atoms with Crippen molar-refractivity contribution in [3.8, 4) is 0 Å². The second kappa shape index (κ2) is 8.84. The number of halogens is 1. The Bertz CT molecular complexity index is 792. The van der Waals surface area contributed by atoms with Gasteiger partial charge in [0.15, 0.2) is 0 Å². The lowest BCUT2D eigenvalue weighted by molar-refractivity contribution is -0.115. The van der Waals surface area contributed by atoms with Crippen LogP contribution in [0.2, 0.25) is 5.02 Å². The lowest BCUT2D eigenvalue weighted by Crippen LogP contribution is -2.33. The molecule has 0 heterocycles. The Balaban J connectivity index is 1.92. The highest BCUT2D eigenvalue weighted by molar-refractivity contribution is 6.33. The van der Waals surface area contributed by atoms with E-state index in [1.54, 1.807) is 49.4 Å². The molecule has 0 aromatic heterocycles. The fourth-order valence-electron chi connectivity index (χ4n) is 2.04. The molecule has 2 rings (SSSR count). The van der Waals surface area contributed by atoms with E-state index < -0.39 is 17.8 Å². The molecule has 0 bridgehead atoms. The summed E-state index contributed by atoms with van der Waals surface area (Å²) in [5.74, 6) is -1.34. The average Bonchev–Trinajstić information content (AvgIpc) is 2.60. The van der Waals surface area contributed by atoms with Gasteiger partial charge in [0.25, 0.3) is 5.91 Å². The number of anilines is 1. The number of rotatable bonds is 6. The van der Waals surface area contributed by atoms with E-state index >= 15 is 0 Å². The standard InChI is InChI=1S/C18H17ClN2O4/c1-2-25-18(24)12-6-5-7-13(10-12)21-16(22)11-20-17(23)14-8-3-4-9-15(14)19/h3-10H,2,11H2,1H3,(H,20,23)(H,21,22). The van der Waals surface area contributed by atoms with Crippen LogP contribution in [0.15, 0.2) is 48.5 Å². The molecule has 0 saturated carbocycles. The molecule has 0 saturated heterocycles. The summed E-state index contributed by atoms with van der Waals surface area (Å²) < 4.78 is 4.91. The fraction of sp³-hybridized carbons (Fsp3) is 0.167. The number of hydrogen-bond donors (Lipinski definition) is 2. The SMILES string of the molecule is CCOC(=O)c1cccc(NC(=O)CNC(=O)c2ccccc2Cl)c1. The summed E-state index contributed by atoms with van der Waals surface area (Å²) in [7, 11) is 0. The van der Waals surface area contributed by atoms with Crippen LogP contribution in [0.5, 0.6) is 0 Å². The molecular weight excluding hydrogens is 344 g/mol. The lowest BCUT2D eigenvalue weighted by atomic mass is 10.2. The number of carbonyl (C=O) groups is 3. The third-order valence-corrected chi connectivity index (χ3v) is 3.52. The van der Waals surface area contributed by atoms with Crippen molar-refractivity contribution in [2.75, 3.05) is 18.5 Å². The predicted molar refractivity (Wildman–Crippen MR) is 94.8 cm³/mol. The Morgan fingerprint density at radius 3 is 2.56 bits per heavy atom. The van der Waals surface area contributed by atoms with Gasteiger partial charge in [-0.05, 0) is 37.3 Å². The van der Waals surface area contributed by atoms with E-state index in [1.165, 1.54) is 6.07 Å². The highest BCUT2D eigenvalue weighted by Crippen LogP contribution is 2.14. The van der Waals surface area contributed by atoms with Gasteiger partial charge in [0.1, 0.15) is 0 Å². The minimum Gasteiger partial charge on any atom is -0.462 e. The zero-order chi connectivity index (χ0) is 18.2. The van der Waals surface area contributed by atoms with E-state index in [9.17, 15) is 14.4 Å². The third-order valence-electron chi connectivity index (χ3n) is 3.19. The van der Waals surface area contributed by atoms with Gasteiger partial charge in [0.2, 0.25) is 5.91 Å².